The number of rotatable bonds is 5. The van der Waals surface area contributed by atoms with Crippen molar-refractivity contribution in [1.82, 2.24) is 0 Å². The topological polar surface area (TPSA) is 0 Å². The fraction of sp³-hybridized carbons (Fsp3) is 0.0938. The van der Waals surface area contributed by atoms with Crippen molar-refractivity contribution in [2.24, 2.45) is 0 Å². The first-order chi connectivity index (χ1) is 17.2. The fourth-order valence-corrected chi connectivity index (χ4v) is 9.64. The maximum absolute atomic E-state index is 2.53. The lowest BCUT2D eigenvalue weighted by molar-refractivity contribution is 1.13. The summed E-state index contributed by atoms with van der Waals surface area (Å²) in [5.74, 6) is 0.335. The van der Waals surface area contributed by atoms with Gasteiger partial charge in [-0.1, -0.05) is 84.2 Å². The summed E-state index contributed by atoms with van der Waals surface area (Å²) in [6, 6.07) is 37.5. The number of fused-ring (bicyclic) bond motifs is 3. The van der Waals surface area contributed by atoms with E-state index >= 15 is 0 Å². The van der Waals surface area contributed by atoms with Crippen LogP contribution in [0.4, 0.5) is 0 Å². The highest BCUT2D eigenvalue weighted by atomic mass is 32.2. The van der Waals surface area contributed by atoms with Crippen molar-refractivity contribution in [3.63, 3.8) is 0 Å². The quantitative estimate of drug-likeness (QED) is 0.249. The molecule has 0 bridgehead atoms. The molecule has 35 heavy (non-hydrogen) atoms. The van der Waals surface area contributed by atoms with Gasteiger partial charge in [0.1, 0.15) is 5.29 Å². The molecule has 0 fully saturated rings. The lowest BCUT2D eigenvalue weighted by Crippen LogP contribution is -2.11. The molecule has 0 amide bonds. The minimum Gasteiger partial charge on any atom is -0.0901 e. The summed E-state index contributed by atoms with van der Waals surface area (Å²) in [6.07, 6.45) is 5.02. The molecular weight excluding hydrogens is 479 g/mol. The molecule has 1 heterocycles. The van der Waals surface area contributed by atoms with Gasteiger partial charge in [-0.3, -0.25) is 0 Å². The average Bonchev–Trinajstić information content (AvgIpc) is 3.18. The summed E-state index contributed by atoms with van der Waals surface area (Å²) in [4.78, 5) is 5.32. The molecule has 0 spiro atoms. The van der Waals surface area contributed by atoms with Crippen LogP contribution in [-0.4, -0.2) is 5.29 Å². The Balaban J connectivity index is 1.48. The minimum atomic E-state index is -0.529. The van der Waals surface area contributed by atoms with E-state index < -0.39 is 7.55 Å². The molecule has 4 aromatic rings. The third kappa shape index (κ3) is 4.47. The molecule has 0 N–H and O–H groups in total. The number of aryl methyl sites for hydroxylation is 1. The van der Waals surface area contributed by atoms with Gasteiger partial charge in [-0.2, -0.15) is 0 Å². The molecule has 2 unspecified atom stereocenters. The van der Waals surface area contributed by atoms with Crippen molar-refractivity contribution in [1.29, 1.82) is 0 Å². The van der Waals surface area contributed by atoms with Crippen molar-refractivity contribution >= 4 is 47.0 Å². The zero-order chi connectivity index (χ0) is 23.8. The number of benzene rings is 4. The highest BCUT2D eigenvalue weighted by Gasteiger charge is 2.42. The van der Waals surface area contributed by atoms with Gasteiger partial charge in [0.25, 0.3) is 0 Å². The van der Waals surface area contributed by atoms with E-state index in [9.17, 15) is 0 Å². The number of allylic oxidation sites excluding steroid dienone is 3. The average molecular weight is 506 g/mol. The Bertz CT molecular complexity index is 1480. The summed E-state index contributed by atoms with van der Waals surface area (Å²) in [5, 5.41) is 4.53. The Morgan fingerprint density at radius 1 is 0.686 bits per heavy atom. The van der Waals surface area contributed by atoms with Crippen LogP contribution in [0.15, 0.2) is 140 Å². The second kappa shape index (κ2) is 9.70. The molecule has 4 aromatic carbocycles. The van der Waals surface area contributed by atoms with Crippen LogP contribution in [0, 0.1) is 6.92 Å². The zero-order valence-corrected chi connectivity index (χ0v) is 22.3. The maximum atomic E-state index is 2.53. The summed E-state index contributed by atoms with van der Waals surface area (Å²) in [7, 11) is -0.529. The second-order valence-electron chi connectivity index (χ2n) is 8.94. The van der Waals surface area contributed by atoms with Crippen LogP contribution in [0.25, 0.3) is 0 Å². The molecule has 0 radical (unpaired) electrons. The van der Waals surface area contributed by atoms with E-state index in [1.54, 1.807) is 5.29 Å². The third-order valence-electron chi connectivity index (χ3n) is 6.50. The molecule has 0 aromatic heterocycles. The van der Waals surface area contributed by atoms with E-state index in [4.69, 9.17) is 0 Å². The molecule has 2 aliphatic rings. The van der Waals surface area contributed by atoms with Crippen LogP contribution >= 0.6 is 31.1 Å². The van der Waals surface area contributed by atoms with Gasteiger partial charge in [0.05, 0.1) is 5.92 Å². The van der Waals surface area contributed by atoms with E-state index in [2.05, 4.69) is 129 Å². The molecule has 3 heteroatoms. The first-order valence-electron chi connectivity index (χ1n) is 11.9. The van der Waals surface area contributed by atoms with Crippen LogP contribution in [-0.2, 0) is 0 Å². The normalized spacial score (nSPS) is 17.5. The molecule has 170 valence electrons. The second-order valence-corrected chi connectivity index (χ2v) is 13.4. The molecule has 6 rings (SSSR count). The first kappa shape index (κ1) is 22.7. The fourth-order valence-electron chi connectivity index (χ4n) is 4.79. The van der Waals surface area contributed by atoms with Gasteiger partial charge in [0, 0.05) is 25.2 Å². The van der Waals surface area contributed by atoms with E-state index in [0.29, 0.717) is 5.92 Å². The number of hydrogen-bond donors (Lipinski definition) is 0. The monoisotopic (exact) mass is 505 g/mol. The van der Waals surface area contributed by atoms with E-state index in [1.807, 2.05) is 23.5 Å². The predicted octanol–water partition coefficient (Wildman–Crippen LogP) is 8.48. The largest absolute Gasteiger partial charge is 0.174 e. The van der Waals surface area contributed by atoms with Gasteiger partial charge in [0.2, 0.25) is 0 Å². The Kier molecular flexibility index (Phi) is 6.29. The van der Waals surface area contributed by atoms with Crippen molar-refractivity contribution in [2.75, 3.05) is 0 Å². The summed E-state index contributed by atoms with van der Waals surface area (Å²) >= 11 is 3.76. The summed E-state index contributed by atoms with van der Waals surface area (Å²) in [5.41, 5.74) is 4.22. The lowest BCUT2D eigenvalue weighted by atomic mass is 9.90. The summed E-state index contributed by atoms with van der Waals surface area (Å²) < 4.78 is 0. The smallest absolute Gasteiger partial charge is 0.0901 e. The minimum absolute atomic E-state index is 0.335. The van der Waals surface area contributed by atoms with Crippen molar-refractivity contribution in [3.8, 4) is 0 Å². The van der Waals surface area contributed by atoms with Crippen LogP contribution in [0.1, 0.15) is 24.0 Å². The first-order valence-corrected chi connectivity index (χ1v) is 14.9. The standard InChI is InChI=1S/C32H26PS2/c1-22-18-29-27(20-31(22)34-25-14-8-4-9-15-25)28-21-32(35-26-16-10-5-11-17-26)23(2)19-30(28)33(29)24-12-6-3-7-13-24/h3-21,27H,1-2H3/q+1. The van der Waals surface area contributed by atoms with Crippen LogP contribution in [0.5, 0.6) is 0 Å². The molecule has 0 saturated carbocycles. The number of thioether (sulfide) groups is 1. The third-order valence-corrected chi connectivity index (χ3v) is 11.5. The molecule has 0 nitrogen and oxygen atoms in total. The molecule has 1 aliphatic heterocycles. The molecular formula is C32H26PS2+. The predicted molar refractivity (Wildman–Crippen MR) is 156 cm³/mol. The molecule has 1 aliphatic carbocycles. The van der Waals surface area contributed by atoms with Crippen LogP contribution < -0.4 is 10.6 Å². The van der Waals surface area contributed by atoms with E-state index in [0.717, 1.165) is 0 Å². The Morgan fingerprint density at radius 3 is 1.94 bits per heavy atom. The SMILES string of the molecule is CC1=CC2=[P+](c3ccccc3)c3cc(C)c(Sc4ccccc4)cc3C2C=C1Sc1ccccc1. The Hall–Kier alpha value is -2.77. The lowest BCUT2D eigenvalue weighted by Gasteiger charge is -2.17. The maximum Gasteiger partial charge on any atom is 0.174 e. The Morgan fingerprint density at radius 2 is 1.29 bits per heavy atom. The van der Waals surface area contributed by atoms with E-state index in [1.165, 1.54) is 46.9 Å². The summed E-state index contributed by atoms with van der Waals surface area (Å²) in [6.45, 7) is 4.54. The van der Waals surface area contributed by atoms with Gasteiger partial charge < -0.3 is 0 Å². The van der Waals surface area contributed by atoms with Gasteiger partial charge in [-0.25, -0.2) is 0 Å². The van der Waals surface area contributed by atoms with Crippen molar-refractivity contribution in [3.05, 3.63) is 137 Å². The molecule has 0 saturated heterocycles. The van der Waals surface area contributed by atoms with Gasteiger partial charge >= 0.3 is 0 Å². The van der Waals surface area contributed by atoms with Crippen LogP contribution in [0.2, 0.25) is 0 Å². The molecule has 2 atom stereocenters. The van der Waals surface area contributed by atoms with E-state index in [-0.39, 0.29) is 0 Å². The number of hydrogen-bond acceptors (Lipinski definition) is 2. The van der Waals surface area contributed by atoms with Crippen molar-refractivity contribution in [2.45, 2.75) is 34.5 Å². The highest BCUT2D eigenvalue weighted by Crippen LogP contribution is 2.48. The van der Waals surface area contributed by atoms with Gasteiger partial charge in [-0.05, 0) is 79.6 Å². The van der Waals surface area contributed by atoms with Crippen LogP contribution in [0.3, 0.4) is 0 Å². The zero-order valence-electron chi connectivity index (χ0n) is 19.8. The van der Waals surface area contributed by atoms with Gasteiger partial charge in [-0.15, -0.1) is 0 Å². The highest BCUT2D eigenvalue weighted by molar-refractivity contribution is 8.03. The van der Waals surface area contributed by atoms with Crippen molar-refractivity contribution < 1.29 is 0 Å². The van der Waals surface area contributed by atoms with Gasteiger partial charge in [0.15, 0.2) is 18.2 Å². The Labute approximate surface area is 217 Å².